The number of nitrogens with zero attached hydrogens (tertiary/aromatic N) is 1. The zero-order valence-electron chi connectivity index (χ0n) is 11.1. The molecule has 21 heavy (non-hydrogen) atoms. The van der Waals surface area contributed by atoms with Gasteiger partial charge in [0.1, 0.15) is 11.6 Å². The molecule has 2 aromatic rings. The Morgan fingerprint density at radius 3 is 2.95 bits per heavy atom. The van der Waals surface area contributed by atoms with Crippen LogP contribution in [0.2, 0.25) is 5.02 Å². The van der Waals surface area contributed by atoms with Gasteiger partial charge in [0, 0.05) is 30.9 Å². The summed E-state index contributed by atoms with van der Waals surface area (Å²) in [6, 6.07) is 6.63. The summed E-state index contributed by atoms with van der Waals surface area (Å²) in [5.74, 6) is 0.405. The van der Waals surface area contributed by atoms with Crippen LogP contribution in [-0.2, 0) is 6.54 Å². The predicted molar refractivity (Wildman–Crippen MR) is 83.3 cm³/mol. The summed E-state index contributed by atoms with van der Waals surface area (Å²) >= 11 is 9.45. The van der Waals surface area contributed by atoms with E-state index in [0.29, 0.717) is 33.7 Å². The Labute approximate surface area is 135 Å². The topological polar surface area (TPSA) is 34.1 Å². The second-order valence-electron chi connectivity index (χ2n) is 4.95. The van der Waals surface area contributed by atoms with Gasteiger partial charge in [0.2, 0.25) is 5.88 Å². The molecule has 1 N–H and O–H groups in total. The van der Waals surface area contributed by atoms with E-state index >= 15 is 0 Å². The molecule has 3 nitrogen and oxygen atoms in total. The highest BCUT2D eigenvalue weighted by Crippen LogP contribution is 2.31. The molecule has 1 saturated carbocycles. The van der Waals surface area contributed by atoms with Crippen molar-refractivity contribution >= 4 is 27.5 Å². The molecular formula is C15H13BrClFN2O. The number of hydrogen-bond acceptors (Lipinski definition) is 3. The van der Waals surface area contributed by atoms with Crippen LogP contribution in [0.25, 0.3) is 0 Å². The van der Waals surface area contributed by atoms with E-state index in [4.69, 9.17) is 16.3 Å². The first-order valence-corrected chi connectivity index (χ1v) is 7.79. The summed E-state index contributed by atoms with van der Waals surface area (Å²) < 4.78 is 19.5. The largest absolute Gasteiger partial charge is 0.438 e. The van der Waals surface area contributed by atoms with Crippen molar-refractivity contribution in [2.45, 2.75) is 25.4 Å². The molecule has 0 amide bonds. The second kappa shape index (κ2) is 6.30. The van der Waals surface area contributed by atoms with Gasteiger partial charge in [-0.3, -0.25) is 0 Å². The molecule has 1 aliphatic carbocycles. The molecule has 1 fully saturated rings. The van der Waals surface area contributed by atoms with Crippen molar-refractivity contribution in [3.05, 3.63) is 51.3 Å². The van der Waals surface area contributed by atoms with Gasteiger partial charge in [0.25, 0.3) is 0 Å². The molecule has 0 unspecified atom stereocenters. The first-order valence-electron chi connectivity index (χ1n) is 6.62. The number of benzene rings is 1. The minimum atomic E-state index is -0.363. The summed E-state index contributed by atoms with van der Waals surface area (Å²) in [5, 5.41) is 3.98. The number of ether oxygens (including phenoxy) is 1. The van der Waals surface area contributed by atoms with Crippen LogP contribution in [0.4, 0.5) is 4.39 Å². The second-order valence-corrected chi connectivity index (χ2v) is 6.21. The van der Waals surface area contributed by atoms with Crippen molar-refractivity contribution < 1.29 is 9.13 Å². The van der Waals surface area contributed by atoms with Crippen LogP contribution in [0.1, 0.15) is 18.4 Å². The molecule has 0 aliphatic heterocycles. The number of pyridine rings is 1. The molecule has 0 saturated heterocycles. The average molecular weight is 372 g/mol. The molecule has 1 aromatic carbocycles. The van der Waals surface area contributed by atoms with Crippen LogP contribution in [0, 0.1) is 5.82 Å². The van der Waals surface area contributed by atoms with Gasteiger partial charge >= 0.3 is 0 Å². The SMILES string of the molecule is Fc1ccc(Br)c(Oc2cc(CNC3CC3)c(Cl)cn2)c1. The van der Waals surface area contributed by atoms with Crippen LogP contribution in [0.15, 0.2) is 34.9 Å². The first-order chi connectivity index (χ1) is 10.1. The summed E-state index contributed by atoms with van der Waals surface area (Å²) in [7, 11) is 0. The molecule has 110 valence electrons. The maximum absolute atomic E-state index is 13.3. The van der Waals surface area contributed by atoms with Crippen molar-refractivity contribution in [1.29, 1.82) is 0 Å². The van der Waals surface area contributed by atoms with E-state index in [1.165, 1.54) is 25.0 Å². The number of aromatic nitrogens is 1. The monoisotopic (exact) mass is 370 g/mol. The Hall–Kier alpha value is -1.17. The van der Waals surface area contributed by atoms with Crippen LogP contribution in [-0.4, -0.2) is 11.0 Å². The van der Waals surface area contributed by atoms with E-state index in [1.807, 2.05) is 0 Å². The summed E-state index contributed by atoms with van der Waals surface area (Å²) in [4.78, 5) is 4.12. The first kappa shape index (κ1) is 14.8. The van der Waals surface area contributed by atoms with Gasteiger partial charge in [-0.1, -0.05) is 11.6 Å². The molecule has 0 spiro atoms. The predicted octanol–water partition coefficient (Wildman–Crippen LogP) is 4.68. The minimum Gasteiger partial charge on any atom is -0.438 e. The maximum atomic E-state index is 13.3. The van der Waals surface area contributed by atoms with Crippen LogP contribution < -0.4 is 10.1 Å². The fraction of sp³-hybridized carbons (Fsp3) is 0.267. The molecule has 1 aromatic heterocycles. The summed E-state index contributed by atoms with van der Waals surface area (Å²) in [6.07, 6.45) is 3.97. The Morgan fingerprint density at radius 1 is 1.38 bits per heavy atom. The van der Waals surface area contributed by atoms with Crippen LogP contribution in [0.5, 0.6) is 11.6 Å². The molecule has 6 heteroatoms. The third-order valence-electron chi connectivity index (χ3n) is 3.18. The lowest BCUT2D eigenvalue weighted by Crippen LogP contribution is -2.15. The highest BCUT2D eigenvalue weighted by atomic mass is 79.9. The third-order valence-corrected chi connectivity index (χ3v) is 4.17. The zero-order chi connectivity index (χ0) is 14.8. The number of rotatable bonds is 5. The van der Waals surface area contributed by atoms with E-state index in [-0.39, 0.29) is 5.82 Å². The normalized spacial score (nSPS) is 14.2. The minimum absolute atomic E-state index is 0.363. The number of halogens is 3. The van der Waals surface area contributed by atoms with Gasteiger partial charge in [-0.2, -0.15) is 0 Å². The molecule has 3 rings (SSSR count). The molecule has 1 heterocycles. The molecular weight excluding hydrogens is 359 g/mol. The van der Waals surface area contributed by atoms with E-state index in [9.17, 15) is 4.39 Å². The Kier molecular flexibility index (Phi) is 4.42. The van der Waals surface area contributed by atoms with E-state index in [1.54, 1.807) is 18.3 Å². The highest BCUT2D eigenvalue weighted by molar-refractivity contribution is 9.10. The Bertz CT molecular complexity index is 664. The summed E-state index contributed by atoms with van der Waals surface area (Å²) in [5.41, 5.74) is 0.918. The van der Waals surface area contributed by atoms with Crippen molar-refractivity contribution in [3.8, 4) is 11.6 Å². The van der Waals surface area contributed by atoms with Crippen molar-refractivity contribution in [2.24, 2.45) is 0 Å². The van der Waals surface area contributed by atoms with Gasteiger partial charge in [-0.15, -0.1) is 0 Å². The fourth-order valence-electron chi connectivity index (χ4n) is 1.86. The number of nitrogens with one attached hydrogen (secondary N) is 1. The molecule has 0 bridgehead atoms. The maximum Gasteiger partial charge on any atom is 0.219 e. The lowest BCUT2D eigenvalue weighted by Gasteiger charge is -2.10. The van der Waals surface area contributed by atoms with Crippen molar-refractivity contribution in [2.75, 3.05) is 0 Å². The van der Waals surface area contributed by atoms with Gasteiger partial charge in [0.15, 0.2) is 0 Å². The van der Waals surface area contributed by atoms with Gasteiger partial charge < -0.3 is 10.1 Å². The average Bonchev–Trinajstić information content (AvgIpc) is 3.27. The zero-order valence-corrected chi connectivity index (χ0v) is 13.4. The number of hydrogen-bond donors (Lipinski definition) is 1. The van der Waals surface area contributed by atoms with Crippen LogP contribution >= 0.6 is 27.5 Å². The lowest BCUT2D eigenvalue weighted by molar-refractivity contribution is 0.454. The van der Waals surface area contributed by atoms with E-state index in [2.05, 4.69) is 26.2 Å². The quantitative estimate of drug-likeness (QED) is 0.828. The van der Waals surface area contributed by atoms with E-state index in [0.717, 1.165) is 5.56 Å². The van der Waals surface area contributed by atoms with Crippen molar-refractivity contribution in [1.82, 2.24) is 10.3 Å². The van der Waals surface area contributed by atoms with Gasteiger partial charge in [0.05, 0.1) is 9.50 Å². The Morgan fingerprint density at radius 2 is 2.19 bits per heavy atom. The lowest BCUT2D eigenvalue weighted by atomic mass is 10.2. The van der Waals surface area contributed by atoms with Gasteiger partial charge in [-0.05, 0) is 46.5 Å². The van der Waals surface area contributed by atoms with Crippen LogP contribution in [0.3, 0.4) is 0 Å². The van der Waals surface area contributed by atoms with Crippen molar-refractivity contribution in [3.63, 3.8) is 0 Å². The molecule has 1 aliphatic rings. The third kappa shape index (κ3) is 3.93. The standard InChI is InChI=1S/C15H13BrClFN2O/c16-12-4-1-10(18)6-14(12)21-15-5-9(13(17)8-20-15)7-19-11-2-3-11/h1,4-6,8,11,19H,2-3,7H2. The highest BCUT2D eigenvalue weighted by Gasteiger charge is 2.20. The molecule has 0 atom stereocenters. The smallest absolute Gasteiger partial charge is 0.219 e. The fourth-order valence-corrected chi connectivity index (χ4v) is 2.36. The summed E-state index contributed by atoms with van der Waals surface area (Å²) in [6.45, 7) is 0.673. The molecule has 0 radical (unpaired) electrons. The Balaban J connectivity index is 1.78. The van der Waals surface area contributed by atoms with Gasteiger partial charge in [-0.25, -0.2) is 9.37 Å². The van der Waals surface area contributed by atoms with E-state index < -0.39 is 0 Å².